The number of anilines is 2. The Hall–Kier alpha value is -2.56. The highest BCUT2D eigenvalue weighted by atomic mass is 16.4. The van der Waals surface area contributed by atoms with Crippen molar-refractivity contribution in [2.75, 3.05) is 17.7 Å². The van der Waals surface area contributed by atoms with E-state index in [9.17, 15) is 4.79 Å². The number of nitrogen functional groups attached to an aromatic ring is 1. The number of nitrogens with zero attached hydrogens (tertiary/aromatic N) is 2. The van der Waals surface area contributed by atoms with E-state index in [0.717, 1.165) is 11.3 Å². The topological polar surface area (TPSA) is 79.5 Å². The Labute approximate surface area is 111 Å². The van der Waals surface area contributed by atoms with Gasteiger partial charge in [-0.1, -0.05) is 0 Å². The van der Waals surface area contributed by atoms with Crippen LogP contribution < -0.4 is 10.6 Å². The first kappa shape index (κ1) is 12.9. The van der Waals surface area contributed by atoms with Crippen LogP contribution in [-0.4, -0.2) is 23.1 Å². The molecule has 0 fully saturated rings. The molecule has 0 saturated carbocycles. The summed E-state index contributed by atoms with van der Waals surface area (Å²) in [6.07, 6.45) is 3.48. The van der Waals surface area contributed by atoms with E-state index in [-0.39, 0.29) is 11.3 Å². The van der Waals surface area contributed by atoms with Crippen molar-refractivity contribution < 1.29 is 9.90 Å². The number of aromatic nitrogens is 1. The average molecular weight is 257 g/mol. The van der Waals surface area contributed by atoms with Gasteiger partial charge in [-0.3, -0.25) is 4.98 Å². The molecule has 98 valence electrons. The van der Waals surface area contributed by atoms with E-state index in [0.29, 0.717) is 6.54 Å². The zero-order valence-electron chi connectivity index (χ0n) is 10.6. The number of carboxylic acids is 1. The Morgan fingerprint density at radius 2 is 2.00 bits per heavy atom. The molecule has 1 aromatic heterocycles. The molecule has 0 aliphatic rings. The van der Waals surface area contributed by atoms with Crippen LogP contribution in [0.4, 0.5) is 11.4 Å². The second kappa shape index (κ2) is 5.39. The van der Waals surface area contributed by atoms with Gasteiger partial charge in [-0.25, -0.2) is 4.79 Å². The van der Waals surface area contributed by atoms with Crippen molar-refractivity contribution in [1.82, 2.24) is 4.98 Å². The van der Waals surface area contributed by atoms with Crippen LogP contribution in [0.25, 0.3) is 0 Å². The molecule has 0 aliphatic heterocycles. The zero-order chi connectivity index (χ0) is 13.8. The Morgan fingerprint density at radius 3 is 2.58 bits per heavy atom. The highest BCUT2D eigenvalue weighted by Gasteiger charge is 2.10. The van der Waals surface area contributed by atoms with Crippen LogP contribution >= 0.6 is 0 Å². The van der Waals surface area contributed by atoms with Gasteiger partial charge < -0.3 is 15.7 Å². The van der Waals surface area contributed by atoms with Crippen LogP contribution in [0.3, 0.4) is 0 Å². The fraction of sp³-hybridized carbons (Fsp3) is 0.143. The maximum absolute atomic E-state index is 10.9. The van der Waals surface area contributed by atoms with Gasteiger partial charge in [0.2, 0.25) is 0 Å². The number of carbonyl (C=O) groups is 1. The Morgan fingerprint density at radius 1 is 1.32 bits per heavy atom. The number of hydrogen-bond donors (Lipinski definition) is 2. The molecule has 5 nitrogen and oxygen atoms in total. The van der Waals surface area contributed by atoms with Gasteiger partial charge in [-0.2, -0.15) is 0 Å². The van der Waals surface area contributed by atoms with Crippen LogP contribution in [-0.2, 0) is 6.54 Å². The number of benzene rings is 1. The minimum atomic E-state index is -1.01. The predicted octanol–water partition coefficient (Wildman–Crippen LogP) is 2.00. The summed E-state index contributed by atoms with van der Waals surface area (Å²) in [5.74, 6) is -1.01. The van der Waals surface area contributed by atoms with Crippen molar-refractivity contribution >= 4 is 17.3 Å². The van der Waals surface area contributed by atoms with E-state index in [2.05, 4.69) is 4.98 Å². The van der Waals surface area contributed by atoms with Crippen LogP contribution in [0.2, 0.25) is 0 Å². The first-order valence-corrected chi connectivity index (χ1v) is 5.81. The molecule has 0 spiro atoms. The number of carboxylic acid groups (broad SMARTS) is 1. The molecule has 0 aliphatic carbocycles. The summed E-state index contributed by atoms with van der Waals surface area (Å²) in [6.45, 7) is 0.703. The average Bonchev–Trinajstić information content (AvgIpc) is 2.39. The molecule has 1 aromatic carbocycles. The Bertz CT molecular complexity index is 584. The number of aromatic carboxylic acids is 1. The molecule has 2 aromatic rings. The van der Waals surface area contributed by atoms with E-state index < -0.39 is 5.97 Å². The molecular weight excluding hydrogens is 242 g/mol. The molecule has 0 amide bonds. The maximum Gasteiger partial charge on any atom is 0.337 e. The molecule has 0 bridgehead atoms. The maximum atomic E-state index is 10.9. The lowest BCUT2D eigenvalue weighted by Crippen LogP contribution is -2.17. The van der Waals surface area contributed by atoms with Gasteiger partial charge in [0, 0.05) is 37.4 Å². The minimum absolute atomic E-state index is 0.126. The van der Waals surface area contributed by atoms with E-state index in [4.69, 9.17) is 10.8 Å². The van der Waals surface area contributed by atoms with Gasteiger partial charge >= 0.3 is 5.97 Å². The fourth-order valence-electron chi connectivity index (χ4n) is 1.84. The van der Waals surface area contributed by atoms with Gasteiger partial charge in [-0.05, 0) is 35.9 Å². The first-order chi connectivity index (χ1) is 9.08. The van der Waals surface area contributed by atoms with Gasteiger partial charge in [0.1, 0.15) is 0 Å². The van der Waals surface area contributed by atoms with Crippen LogP contribution in [0.1, 0.15) is 15.9 Å². The third-order valence-corrected chi connectivity index (χ3v) is 2.88. The predicted molar refractivity (Wildman–Crippen MR) is 74.2 cm³/mol. The van der Waals surface area contributed by atoms with Gasteiger partial charge in [0.05, 0.1) is 5.56 Å². The van der Waals surface area contributed by atoms with E-state index >= 15 is 0 Å². The standard InChI is InChI=1S/C14H15N3O2/c1-17(9-10-4-6-16-7-5-10)11-2-3-12(14(18)19)13(15)8-11/h2-8H,9,15H2,1H3,(H,18,19). The van der Waals surface area contributed by atoms with Crippen LogP contribution in [0, 0.1) is 0 Å². The molecule has 2 rings (SSSR count). The van der Waals surface area contributed by atoms with Crippen LogP contribution in [0.5, 0.6) is 0 Å². The summed E-state index contributed by atoms with van der Waals surface area (Å²) in [5.41, 5.74) is 8.13. The van der Waals surface area contributed by atoms with Crippen molar-refractivity contribution in [3.8, 4) is 0 Å². The molecule has 19 heavy (non-hydrogen) atoms. The van der Waals surface area contributed by atoms with E-state index in [1.54, 1.807) is 24.5 Å². The molecule has 0 saturated heterocycles. The van der Waals surface area contributed by atoms with Gasteiger partial charge in [0.25, 0.3) is 0 Å². The lowest BCUT2D eigenvalue weighted by molar-refractivity contribution is 0.0698. The quantitative estimate of drug-likeness (QED) is 0.819. The normalized spacial score (nSPS) is 10.2. The minimum Gasteiger partial charge on any atom is -0.478 e. The summed E-state index contributed by atoms with van der Waals surface area (Å²) in [4.78, 5) is 16.9. The summed E-state index contributed by atoms with van der Waals surface area (Å²) >= 11 is 0. The molecule has 5 heteroatoms. The SMILES string of the molecule is CN(Cc1ccncc1)c1ccc(C(=O)O)c(N)c1. The molecule has 1 heterocycles. The molecule has 3 N–H and O–H groups in total. The molecular formula is C14H15N3O2. The number of nitrogens with two attached hydrogens (primary N) is 1. The Kier molecular flexibility index (Phi) is 3.66. The van der Waals surface area contributed by atoms with Crippen molar-refractivity contribution in [2.45, 2.75) is 6.54 Å². The molecule has 0 unspecified atom stereocenters. The van der Waals surface area contributed by atoms with Gasteiger partial charge in [-0.15, -0.1) is 0 Å². The number of pyridine rings is 1. The summed E-state index contributed by atoms with van der Waals surface area (Å²) in [7, 11) is 1.93. The zero-order valence-corrected chi connectivity index (χ0v) is 10.6. The summed E-state index contributed by atoms with van der Waals surface area (Å²) in [6, 6.07) is 8.82. The molecule has 0 radical (unpaired) electrons. The third-order valence-electron chi connectivity index (χ3n) is 2.88. The summed E-state index contributed by atoms with van der Waals surface area (Å²) in [5, 5.41) is 8.93. The second-order valence-corrected chi connectivity index (χ2v) is 4.29. The van der Waals surface area contributed by atoms with E-state index in [1.165, 1.54) is 6.07 Å². The number of rotatable bonds is 4. The first-order valence-electron chi connectivity index (χ1n) is 5.81. The Balaban J connectivity index is 2.18. The monoisotopic (exact) mass is 257 g/mol. The summed E-state index contributed by atoms with van der Waals surface area (Å²) < 4.78 is 0. The lowest BCUT2D eigenvalue weighted by Gasteiger charge is -2.20. The van der Waals surface area contributed by atoms with Gasteiger partial charge in [0.15, 0.2) is 0 Å². The van der Waals surface area contributed by atoms with Crippen molar-refractivity contribution in [3.05, 3.63) is 53.9 Å². The fourth-order valence-corrected chi connectivity index (χ4v) is 1.84. The second-order valence-electron chi connectivity index (χ2n) is 4.29. The lowest BCUT2D eigenvalue weighted by atomic mass is 10.1. The number of hydrogen-bond acceptors (Lipinski definition) is 4. The highest BCUT2D eigenvalue weighted by molar-refractivity contribution is 5.94. The highest BCUT2D eigenvalue weighted by Crippen LogP contribution is 2.22. The van der Waals surface area contributed by atoms with Crippen molar-refractivity contribution in [2.24, 2.45) is 0 Å². The molecule has 0 atom stereocenters. The smallest absolute Gasteiger partial charge is 0.337 e. The van der Waals surface area contributed by atoms with E-state index in [1.807, 2.05) is 24.1 Å². The van der Waals surface area contributed by atoms with Crippen molar-refractivity contribution in [3.63, 3.8) is 0 Å². The largest absolute Gasteiger partial charge is 0.478 e. The van der Waals surface area contributed by atoms with Crippen molar-refractivity contribution in [1.29, 1.82) is 0 Å². The third kappa shape index (κ3) is 3.01. The van der Waals surface area contributed by atoms with Crippen LogP contribution in [0.15, 0.2) is 42.7 Å².